The van der Waals surface area contributed by atoms with Crippen LogP contribution in [0.5, 0.6) is 5.75 Å². The van der Waals surface area contributed by atoms with Crippen LogP contribution in [0.4, 0.5) is 0 Å². The number of carbonyl (C=O) groups is 1. The van der Waals surface area contributed by atoms with Crippen molar-refractivity contribution in [3.8, 4) is 5.75 Å². The second-order valence-corrected chi connectivity index (χ2v) is 5.89. The van der Waals surface area contributed by atoms with Crippen LogP contribution in [0.3, 0.4) is 0 Å². The average molecular weight is 362 g/mol. The molecule has 4 nitrogen and oxygen atoms in total. The largest absolute Gasteiger partial charge is 0.482 e. The van der Waals surface area contributed by atoms with Crippen LogP contribution in [0.2, 0.25) is 0 Å². The van der Waals surface area contributed by atoms with Gasteiger partial charge in [0, 0.05) is 6.54 Å². The first-order valence-corrected chi connectivity index (χ1v) is 7.88. The van der Waals surface area contributed by atoms with Gasteiger partial charge in [-0.1, -0.05) is 42.5 Å². The van der Waals surface area contributed by atoms with Crippen LogP contribution in [0, 0.1) is 0 Å². The number of nitrogens with one attached hydrogen (secondary N) is 1. The Labute approximate surface area is 137 Å². The predicted octanol–water partition coefficient (Wildman–Crippen LogP) is 3.08. The Bertz CT molecular complexity index is 637. The fourth-order valence-corrected chi connectivity index (χ4v) is 2.76. The highest BCUT2D eigenvalue weighted by molar-refractivity contribution is 9.10. The summed E-state index contributed by atoms with van der Waals surface area (Å²) in [4.78, 5) is 11.3. The first-order valence-electron chi connectivity index (χ1n) is 7.08. The second-order valence-electron chi connectivity index (χ2n) is 5.03. The highest BCUT2D eigenvalue weighted by Crippen LogP contribution is 2.32. The molecule has 2 atom stereocenters. The zero-order chi connectivity index (χ0) is 15.4. The fourth-order valence-electron chi connectivity index (χ4n) is 2.38. The average Bonchev–Trinajstić information content (AvgIpc) is 2.56. The molecule has 1 amide bonds. The topological polar surface area (TPSA) is 47.6 Å². The van der Waals surface area contributed by atoms with Gasteiger partial charge in [-0.3, -0.25) is 4.79 Å². The van der Waals surface area contributed by atoms with E-state index >= 15 is 0 Å². The molecule has 5 heteroatoms. The molecule has 2 aromatic carbocycles. The molecule has 0 aromatic heterocycles. The second kappa shape index (κ2) is 6.94. The smallest absolute Gasteiger partial charge is 0.246 e. The molecular weight excluding hydrogens is 346 g/mol. The molecule has 0 aliphatic carbocycles. The standard InChI is InChI=1S/C17H16BrNO3/c18-13-8-4-5-9-14(13)22-17(12-6-2-1-3-7-12)15-10-19-16(20)11-21-15/h1-9,15,17H,10-11H2,(H,19,20)/t15-,17-/m0/s1. The number of hydrogen-bond donors (Lipinski definition) is 1. The van der Waals surface area contributed by atoms with Crippen molar-refractivity contribution in [3.05, 3.63) is 64.6 Å². The normalized spacial score (nSPS) is 19.3. The van der Waals surface area contributed by atoms with E-state index in [-0.39, 0.29) is 24.7 Å². The Hall–Kier alpha value is -1.85. The van der Waals surface area contributed by atoms with Gasteiger partial charge >= 0.3 is 0 Å². The summed E-state index contributed by atoms with van der Waals surface area (Å²) >= 11 is 3.50. The summed E-state index contributed by atoms with van der Waals surface area (Å²) < 4.78 is 12.7. The van der Waals surface area contributed by atoms with E-state index in [1.54, 1.807) is 0 Å². The van der Waals surface area contributed by atoms with Crippen molar-refractivity contribution in [1.82, 2.24) is 5.32 Å². The third-order valence-corrected chi connectivity index (χ3v) is 4.14. The summed E-state index contributed by atoms with van der Waals surface area (Å²) in [5.41, 5.74) is 1.01. The molecule has 1 heterocycles. The highest BCUT2D eigenvalue weighted by atomic mass is 79.9. The molecule has 0 bridgehead atoms. The number of hydrogen-bond acceptors (Lipinski definition) is 3. The Balaban J connectivity index is 1.86. The van der Waals surface area contributed by atoms with Crippen LogP contribution in [-0.2, 0) is 9.53 Å². The number of rotatable bonds is 4. The molecular formula is C17H16BrNO3. The molecule has 0 saturated carbocycles. The lowest BCUT2D eigenvalue weighted by Crippen LogP contribution is -2.46. The van der Waals surface area contributed by atoms with Crippen molar-refractivity contribution >= 4 is 21.8 Å². The first-order chi connectivity index (χ1) is 10.7. The van der Waals surface area contributed by atoms with Crippen molar-refractivity contribution in [2.75, 3.05) is 13.2 Å². The molecule has 1 aliphatic heterocycles. The van der Waals surface area contributed by atoms with Crippen molar-refractivity contribution in [2.45, 2.75) is 12.2 Å². The Morgan fingerprint density at radius 3 is 2.55 bits per heavy atom. The van der Waals surface area contributed by atoms with Gasteiger partial charge in [0.15, 0.2) is 6.10 Å². The van der Waals surface area contributed by atoms with Crippen LogP contribution in [0.1, 0.15) is 11.7 Å². The van der Waals surface area contributed by atoms with E-state index < -0.39 is 0 Å². The molecule has 0 radical (unpaired) electrons. The molecule has 0 spiro atoms. The Morgan fingerprint density at radius 1 is 1.14 bits per heavy atom. The number of morpholine rings is 1. The summed E-state index contributed by atoms with van der Waals surface area (Å²) in [6, 6.07) is 17.6. The van der Waals surface area contributed by atoms with Crippen molar-refractivity contribution in [3.63, 3.8) is 0 Å². The molecule has 1 fully saturated rings. The van der Waals surface area contributed by atoms with E-state index in [0.717, 1.165) is 15.8 Å². The fraction of sp³-hybridized carbons (Fsp3) is 0.235. The summed E-state index contributed by atoms with van der Waals surface area (Å²) in [5.74, 6) is 0.654. The highest BCUT2D eigenvalue weighted by Gasteiger charge is 2.30. The number of carbonyl (C=O) groups excluding carboxylic acids is 1. The van der Waals surface area contributed by atoms with Gasteiger partial charge in [0.1, 0.15) is 18.5 Å². The van der Waals surface area contributed by atoms with Gasteiger partial charge in [-0.2, -0.15) is 0 Å². The third-order valence-electron chi connectivity index (χ3n) is 3.49. The first kappa shape index (κ1) is 15.1. The van der Waals surface area contributed by atoms with Gasteiger partial charge in [-0.25, -0.2) is 0 Å². The quantitative estimate of drug-likeness (QED) is 0.910. The van der Waals surface area contributed by atoms with Crippen LogP contribution in [0.25, 0.3) is 0 Å². The molecule has 22 heavy (non-hydrogen) atoms. The lowest BCUT2D eigenvalue weighted by molar-refractivity contribution is -0.137. The van der Waals surface area contributed by atoms with Crippen molar-refractivity contribution in [1.29, 1.82) is 0 Å². The van der Waals surface area contributed by atoms with Gasteiger partial charge in [-0.15, -0.1) is 0 Å². The zero-order valence-corrected chi connectivity index (χ0v) is 13.5. The summed E-state index contributed by atoms with van der Waals surface area (Å²) in [7, 11) is 0. The van der Waals surface area contributed by atoms with E-state index in [1.165, 1.54) is 0 Å². The summed E-state index contributed by atoms with van der Waals surface area (Å²) in [5, 5.41) is 2.83. The Kier molecular flexibility index (Phi) is 4.75. The predicted molar refractivity (Wildman–Crippen MR) is 86.7 cm³/mol. The van der Waals surface area contributed by atoms with E-state index in [2.05, 4.69) is 21.2 Å². The maximum atomic E-state index is 11.3. The molecule has 1 saturated heterocycles. The number of amides is 1. The molecule has 0 unspecified atom stereocenters. The number of ether oxygens (including phenoxy) is 2. The molecule has 2 aromatic rings. The van der Waals surface area contributed by atoms with Gasteiger partial charge in [0.25, 0.3) is 0 Å². The maximum Gasteiger partial charge on any atom is 0.246 e. The minimum Gasteiger partial charge on any atom is -0.482 e. The molecule has 1 aliphatic rings. The maximum absolute atomic E-state index is 11.3. The van der Waals surface area contributed by atoms with E-state index in [4.69, 9.17) is 9.47 Å². The summed E-state index contributed by atoms with van der Waals surface area (Å²) in [6.45, 7) is 0.496. The van der Waals surface area contributed by atoms with Gasteiger partial charge in [0.05, 0.1) is 4.47 Å². The van der Waals surface area contributed by atoms with Crippen molar-refractivity contribution in [2.24, 2.45) is 0 Å². The lowest BCUT2D eigenvalue weighted by Gasteiger charge is -2.31. The monoisotopic (exact) mass is 361 g/mol. The molecule has 114 valence electrons. The number of para-hydroxylation sites is 1. The Morgan fingerprint density at radius 2 is 1.86 bits per heavy atom. The minimum absolute atomic E-state index is 0.0628. The lowest BCUT2D eigenvalue weighted by atomic mass is 10.0. The van der Waals surface area contributed by atoms with Crippen LogP contribution >= 0.6 is 15.9 Å². The van der Waals surface area contributed by atoms with Gasteiger partial charge in [-0.05, 0) is 33.6 Å². The van der Waals surface area contributed by atoms with Crippen LogP contribution in [-0.4, -0.2) is 25.2 Å². The van der Waals surface area contributed by atoms with Crippen molar-refractivity contribution < 1.29 is 14.3 Å². The molecule has 3 rings (SSSR count). The third kappa shape index (κ3) is 3.48. The number of halogens is 1. The van der Waals surface area contributed by atoms with Gasteiger partial charge in [0.2, 0.25) is 5.91 Å². The minimum atomic E-state index is -0.291. The van der Waals surface area contributed by atoms with E-state index in [0.29, 0.717) is 6.54 Å². The summed E-state index contributed by atoms with van der Waals surface area (Å²) in [6.07, 6.45) is -0.521. The van der Waals surface area contributed by atoms with Crippen LogP contribution < -0.4 is 10.1 Å². The van der Waals surface area contributed by atoms with Gasteiger partial charge < -0.3 is 14.8 Å². The number of benzene rings is 2. The van der Waals surface area contributed by atoms with E-state index in [1.807, 2.05) is 54.6 Å². The molecule has 1 N–H and O–H groups in total. The SMILES string of the molecule is O=C1CO[C@H]([C@@H](Oc2ccccc2Br)c2ccccc2)CN1. The van der Waals surface area contributed by atoms with E-state index in [9.17, 15) is 4.79 Å². The van der Waals surface area contributed by atoms with Crippen LogP contribution in [0.15, 0.2) is 59.1 Å². The zero-order valence-electron chi connectivity index (χ0n) is 11.9.